The largest absolute Gasteiger partial charge is 0.508 e. The number of phenolic OH excluding ortho intramolecular Hbond substituents is 1. The van der Waals surface area contributed by atoms with Gasteiger partial charge in [-0.1, -0.05) is 12.1 Å². The van der Waals surface area contributed by atoms with E-state index in [0.29, 0.717) is 5.56 Å². The number of carbonyl (C=O) groups is 2. The van der Waals surface area contributed by atoms with Gasteiger partial charge in [-0.05, 0) is 29.8 Å². The highest BCUT2D eigenvalue weighted by atomic mass is 19.1. The molecule has 3 rings (SSSR count). The van der Waals surface area contributed by atoms with Crippen LogP contribution >= 0.6 is 0 Å². The van der Waals surface area contributed by atoms with Gasteiger partial charge < -0.3 is 15.3 Å². The molecule has 0 spiro atoms. The van der Waals surface area contributed by atoms with Gasteiger partial charge in [0.1, 0.15) is 17.4 Å². The zero-order valence-corrected chi connectivity index (χ0v) is 13.4. The quantitative estimate of drug-likeness (QED) is 0.896. The Labute approximate surface area is 142 Å². The van der Waals surface area contributed by atoms with Crippen LogP contribution < -0.4 is 5.32 Å². The van der Waals surface area contributed by atoms with Gasteiger partial charge in [-0.3, -0.25) is 9.59 Å². The molecule has 1 heterocycles. The SMILES string of the molecule is CN1C(=O)C[C@H](NC(=O)c2ccc(O)cc2F)[C@@H]1c1ccc(F)cc1. The molecule has 1 aliphatic rings. The van der Waals surface area contributed by atoms with Crippen molar-refractivity contribution in [2.24, 2.45) is 0 Å². The standard InChI is InChI=1S/C18H16F2N2O3/c1-22-16(24)9-15(17(22)10-2-4-11(19)5-3-10)21-18(25)13-7-6-12(23)8-14(13)20/h2-8,15,17,23H,9H2,1H3,(H,21,25)/t15-,17-/m0/s1. The number of nitrogens with one attached hydrogen (secondary N) is 1. The Morgan fingerprint density at radius 2 is 1.88 bits per heavy atom. The van der Waals surface area contributed by atoms with Crippen LogP contribution in [0.15, 0.2) is 42.5 Å². The van der Waals surface area contributed by atoms with Gasteiger partial charge in [0.05, 0.1) is 17.6 Å². The molecule has 5 nitrogen and oxygen atoms in total. The summed E-state index contributed by atoms with van der Waals surface area (Å²) in [6.07, 6.45) is 0.0595. The van der Waals surface area contributed by atoms with Crippen molar-refractivity contribution >= 4 is 11.8 Å². The van der Waals surface area contributed by atoms with Gasteiger partial charge in [0.2, 0.25) is 5.91 Å². The zero-order valence-electron chi connectivity index (χ0n) is 13.4. The zero-order chi connectivity index (χ0) is 18.1. The van der Waals surface area contributed by atoms with Gasteiger partial charge in [-0.25, -0.2) is 8.78 Å². The predicted molar refractivity (Wildman–Crippen MR) is 85.8 cm³/mol. The molecule has 2 N–H and O–H groups in total. The Morgan fingerprint density at radius 1 is 1.20 bits per heavy atom. The highest BCUT2D eigenvalue weighted by Gasteiger charge is 2.39. The Hall–Kier alpha value is -2.96. The summed E-state index contributed by atoms with van der Waals surface area (Å²) in [5, 5.41) is 11.9. The first-order valence-electron chi connectivity index (χ1n) is 7.67. The van der Waals surface area contributed by atoms with E-state index in [2.05, 4.69) is 5.32 Å². The van der Waals surface area contributed by atoms with Crippen LogP contribution in [0.25, 0.3) is 0 Å². The number of carbonyl (C=O) groups excluding carboxylic acids is 2. The lowest BCUT2D eigenvalue weighted by molar-refractivity contribution is -0.127. The van der Waals surface area contributed by atoms with Crippen molar-refractivity contribution in [3.05, 3.63) is 65.2 Å². The number of phenols is 1. The third-order valence-corrected chi connectivity index (χ3v) is 4.31. The maximum Gasteiger partial charge on any atom is 0.254 e. The van der Waals surface area contributed by atoms with Gasteiger partial charge in [-0.15, -0.1) is 0 Å². The van der Waals surface area contributed by atoms with E-state index in [9.17, 15) is 23.5 Å². The molecule has 0 aliphatic carbocycles. The number of hydrogen-bond donors (Lipinski definition) is 2. The van der Waals surface area contributed by atoms with E-state index in [1.807, 2.05) is 0 Å². The van der Waals surface area contributed by atoms with Crippen LogP contribution in [0.4, 0.5) is 8.78 Å². The molecule has 0 saturated carbocycles. The Morgan fingerprint density at radius 3 is 2.52 bits per heavy atom. The second-order valence-electron chi connectivity index (χ2n) is 5.95. The fourth-order valence-corrected chi connectivity index (χ4v) is 3.05. The second kappa shape index (κ2) is 6.51. The van der Waals surface area contributed by atoms with Gasteiger partial charge in [0, 0.05) is 19.5 Å². The molecular formula is C18H16F2N2O3. The highest BCUT2D eigenvalue weighted by molar-refractivity contribution is 5.95. The fraction of sp³-hybridized carbons (Fsp3) is 0.222. The third kappa shape index (κ3) is 3.31. The molecule has 2 amide bonds. The number of hydrogen-bond acceptors (Lipinski definition) is 3. The van der Waals surface area contributed by atoms with Crippen LogP contribution in [-0.4, -0.2) is 34.9 Å². The van der Waals surface area contributed by atoms with Gasteiger partial charge >= 0.3 is 0 Å². The predicted octanol–water partition coefficient (Wildman–Crippen LogP) is 2.37. The topological polar surface area (TPSA) is 69.6 Å². The summed E-state index contributed by atoms with van der Waals surface area (Å²) < 4.78 is 27.0. The minimum Gasteiger partial charge on any atom is -0.508 e. The van der Waals surface area contributed by atoms with Crippen LogP contribution in [0.1, 0.15) is 28.4 Å². The van der Waals surface area contributed by atoms with Gasteiger partial charge in [0.15, 0.2) is 0 Å². The van der Waals surface area contributed by atoms with Crippen LogP contribution in [0, 0.1) is 11.6 Å². The van der Waals surface area contributed by atoms with Gasteiger partial charge in [0.25, 0.3) is 5.91 Å². The number of halogens is 2. The van der Waals surface area contributed by atoms with E-state index in [1.54, 1.807) is 19.2 Å². The van der Waals surface area contributed by atoms with Crippen LogP contribution in [0.2, 0.25) is 0 Å². The molecule has 2 atom stereocenters. The first-order valence-corrected chi connectivity index (χ1v) is 7.67. The molecular weight excluding hydrogens is 330 g/mol. The normalized spacial score (nSPS) is 20.0. The summed E-state index contributed by atoms with van der Waals surface area (Å²) in [5.41, 5.74) is 0.448. The maximum atomic E-state index is 13.9. The number of likely N-dealkylation sites (N-methyl/N-ethyl adjacent to an activating group) is 1. The highest BCUT2D eigenvalue weighted by Crippen LogP contribution is 2.32. The van der Waals surface area contributed by atoms with Gasteiger partial charge in [-0.2, -0.15) is 0 Å². The minimum absolute atomic E-state index is 0.0595. The van der Waals surface area contributed by atoms with Crippen molar-refractivity contribution in [2.75, 3.05) is 7.05 Å². The van der Waals surface area contributed by atoms with Crippen molar-refractivity contribution in [2.45, 2.75) is 18.5 Å². The van der Waals surface area contributed by atoms with E-state index < -0.39 is 29.6 Å². The molecule has 0 bridgehead atoms. The summed E-state index contributed by atoms with van der Waals surface area (Å²) in [6, 6.07) is 7.84. The molecule has 1 aliphatic heterocycles. The Kier molecular flexibility index (Phi) is 4.39. The number of benzene rings is 2. The molecule has 1 saturated heterocycles. The summed E-state index contributed by atoms with van der Waals surface area (Å²) >= 11 is 0. The van der Waals surface area contributed by atoms with Crippen molar-refractivity contribution in [1.82, 2.24) is 10.2 Å². The summed E-state index contributed by atoms with van der Waals surface area (Å²) in [4.78, 5) is 25.9. The van der Waals surface area contributed by atoms with Crippen LogP contribution in [0.5, 0.6) is 5.75 Å². The molecule has 0 unspecified atom stereocenters. The summed E-state index contributed by atoms with van der Waals surface area (Å²) in [5.74, 6) is -2.39. The van der Waals surface area contributed by atoms with Crippen molar-refractivity contribution < 1.29 is 23.5 Å². The number of rotatable bonds is 3. The Balaban J connectivity index is 1.85. The number of aromatic hydroxyl groups is 1. The summed E-state index contributed by atoms with van der Waals surface area (Å²) in [7, 11) is 1.60. The molecule has 0 radical (unpaired) electrons. The van der Waals surface area contributed by atoms with E-state index in [4.69, 9.17) is 0 Å². The molecule has 130 valence electrons. The molecule has 1 fully saturated rings. The monoisotopic (exact) mass is 346 g/mol. The van der Waals surface area contributed by atoms with Crippen molar-refractivity contribution in [1.29, 1.82) is 0 Å². The van der Waals surface area contributed by atoms with Crippen molar-refractivity contribution in [3.8, 4) is 5.75 Å². The average Bonchev–Trinajstić information content (AvgIpc) is 2.82. The second-order valence-corrected chi connectivity index (χ2v) is 5.95. The third-order valence-electron chi connectivity index (χ3n) is 4.31. The van der Waals surface area contributed by atoms with E-state index in [1.165, 1.54) is 29.2 Å². The molecule has 2 aromatic rings. The summed E-state index contributed by atoms with van der Waals surface area (Å²) in [6.45, 7) is 0. The van der Waals surface area contributed by atoms with Crippen molar-refractivity contribution in [3.63, 3.8) is 0 Å². The number of amides is 2. The lowest BCUT2D eigenvalue weighted by Crippen LogP contribution is -2.39. The molecule has 2 aromatic carbocycles. The molecule has 7 heteroatoms. The maximum absolute atomic E-state index is 13.9. The molecule has 0 aromatic heterocycles. The Bertz CT molecular complexity index is 824. The lowest BCUT2D eigenvalue weighted by atomic mass is 9.99. The smallest absolute Gasteiger partial charge is 0.254 e. The minimum atomic E-state index is -0.853. The molecule has 25 heavy (non-hydrogen) atoms. The average molecular weight is 346 g/mol. The fourth-order valence-electron chi connectivity index (χ4n) is 3.05. The van der Waals surface area contributed by atoms with Crippen LogP contribution in [-0.2, 0) is 4.79 Å². The first kappa shape index (κ1) is 16.9. The number of nitrogens with zero attached hydrogens (tertiary/aromatic N) is 1. The van der Waals surface area contributed by atoms with E-state index in [-0.39, 0.29) is 23.6 Å². The van der Waals surface area contributed by atoms with Crippen LogP contribution in [0.3, 0.4) is 0 Å². The first-order chi connectivity index (χ1) is 11.9. The van der Waals surface area contributed by atoms with E-state index in [0.717, 1.165) is 6.07 Å². The number of likely N-dealkylation sites (tertiary alicyclic amines) is 1. The van der Waals surface area contributed by atoms with E-state index >= 15 is 0 Å². The lowest BCUT2D eigenvalue weighted by Gasteiger charge is -2.26.